The number of nitro groups is 1. The van der Waals surface area contributed by atoms with E-state index >= 15 is 0 Å². The fourth-order valence-corrected chi connectivity index (χ4v) is 2.88. The first kappa shape index (κ1) is 16.9. The van der Waals surface area contributed by atoms with E-state index < -0.39 is 10.6 Å². The number of halogens is 1. The largest absolute Gasteiger partial charge is 1.00 e. The van der Waals surface area contributed by atoms with E-state index in [0.29, 0.717) is 0 Å². The molecular formula is C14H16BrNO3S. The maximum Gasteiger partial charge on any atom is 0.345 e. The van der Waals surface area contributed by atoms with Gasteiger partial charge in [0.15, 0.2) is 0 Å². The molecule has 20 heavy (non-hydrogen) atoms. The van der Waals surface area contributed by atoms with E-state index in [1.807, 2.05) is 18.2 Å². The second kappa shape index (κ2) is 7.61. The van der Waals surface area contributed by atoms with E-state index in [0.717, 1.165) is 17.1 Å². The Morgan fingerprint density at radius 3 is 2.55 bits per heavy atom. The number of thiol groups is 1. The van der Waals surface area contributed by atoms with Crippen molar-refractivity contribution in [1.82, 2.24) is 0 Å². The normalized spacial score (nSPS) is 20.9. The molecule has 1 aromatic carbocycles. The lowest BCUT2D eigenvalue weighted by molar-refractivity contribution is -0.607. The third-order valence-corrected chi connectivity index (χ3v) is 4.15. The molecule has 0 bridgehead atoms. The fraction of sp³-hybridized carbons (Fsp3) is 0.286. The summed E-state index contributed by atoms with van der Waals surface area (Å²) in [5, 5.41) is 20.3. The molecule has 0 aromatic heterocycles. The van der Waals surface area contributed by atoms with E-state index in [1.54, 1.807) is 12.2 Å². The van der Waals surface area contributed by atoms with Crippen molar-refractivity contribution in [2.45, 2.75) is 17.9 Å². The monoisotopic (exact) mass is 357 g/mol. The number of aliphatic hydroxyl groups is 1. The van der Waals surface area contributed by atoms with Crippen LogP contribution in [-0.2, 0) is 17.5 Å². The van der Waals surface area contributed by atoms with Crippen LogP contribution in [0.15, 0.2) is 54.1 Å². The van der Waals surface area contributed by atoms with Crippen molar-refractivity contribution in [2.24, 2.45) is 0 Å². The minimum atomic E-state index is -1.92. The van der Waals surface area contributed by atoms with Gasteiger partial charge in [-0.25, -0.2) is 0 Å². The average molecular weight is 358 g/mol. The van der Waals surface area contributed by atoms with E-state index in [4.69, 9.17) is 0 Å². The fourth-order valence-electron chi connectivity index (χ4n) is 1.81. The lowest BCUT2D eigenvalue weighted by Crippen LogP contribution is -3.00. The van der Waals surface area contributed by atoms with Crippen LogP contribution in [0, 0.1) is 10.1 Å². The standard InChI is InChI=1S/C14H15NO3S.BrH/c16-14(15(17)18)8-6-13(7-9-14)11-19-10-12-4-2-1-3-5-12;/h1-8,16H,9-11H2;1H. The van der Waals surface area contributed by atoms with Crippen LogP contribution in [0.4, 0.5) is 0 Å². The van der Waals surface area contributed by atoms with Crippen LogP contribution in [0.3, 0.4) is 0 Å². The smallest absolute Gasteiger partial charge is 0.345 e. The molecular weight excluding hydrogens is 342 g/mol. The Morgan fingerprint density at radius 1 is 1.30 bits per heavy atom. The van der Waals surface area contributed by atoms with Crippen molar-refractivity contribution < 1.29 is 27.0 Å². The van der Waals surface area contributed by atoms with Crippen LogP contribution >= 0.6 is 0 Å². The molecule has 1 aromatic rings. The van der Waals surface area contributed by atoms with Crippen LogP contribution in [0.25, 0.3) is 0 Å². The molecule has 1 aliphatic rings. The SMILES string of the molecule is O=[N+]([O-])C1(O)C=CC(C[SH+]Cc2ccccc2)=CC1.[Br-]. The zero-order valence-corrected chi connectivity index (χ0v) is 13.3. The van der Waals surface area contributed by atoms with Crippen molar-refractivity contribution >= 4 is 11.8 Å². The molecule has 6 heteroatoms. The molecule has 0 radical (unpaired) electrons. The van der Waals surface area contributed by atoms with Crippen LogP contribution in [-0.4, -0.2) is 21.5 Å². The molecule has 0 amide bonds. The molecule has 0 saturated heterocycles. The lowest BCUT2D eigenvalue weighted by atomic mass is 10.0. The zero-order chi connectivity index (χ0) is 13.7. The Labute approximate surface area is 132 Å². The number of hydrogen-bond donors (Lipinski definition) is 1. The summed E-state index contributed by atoms with van der Waals surface area (Å²) in [7, 11) is 0. The van der Waals surface area contributed by atoms with Gasteiger partial charge in [-0.05, 0) is 23.4 Å². The quantitative estimate of drug-likeness (QED) is 0.238. The average Bonchev–Trinajstić information content (AvgIpc) is 2.42. The summed E-state index contributed by atoms with van der Waals surface area (Å²) < 4.78 is 0. The first-order valence-corrected chi connectivity index (χ1v) is 7.29. The van der Waals surface area contributed by atoms with Gasteiger partial charge in [0.2, 0.25) is 0 Å². The third-order valence-electron chi connectivity index (χ3n) is 2.98. The summed E-state index contributed by atoms with van der Waals surface area (Å²) >= 11 is 1.25. The number of rotatable bonds is 5. The van der Waals surface area contributed by atoms with E-state index in [9.17, 15) is 15.2 Å². The first-order chi connectivity index (χ1) is 9.10. The minimum Gasteiger partial charge on any atom is -1.00 e. The van der Waals surface area contributed by atoms with Crippen LogP contribution in [0.2, 0.25) is 0 Å². The molecule has 0 heterocycles. The molecule has 0 aliphatic heterocycles. The summed E-state index contributed by atoms with van der Waals surface area (Å²) in [5.74, 6) is 1.81. The number of nitrogens with zero attached hydrogens (tertiary/aromatic N) is 1. The summed E-state index contributed by atoms with van der Waals surface area (Å²) in [6, 6.07) is 10.2. The number of allylic oxidation sites excluding steroid dienone is 1. The number of benzene rings is 1. The minimum absolute atomic E-state index is 0. The molecule has 1 unspecified atom stereocenters. The zero-order valence-electron chi connectivity index (χ0n) is 10.8. The van der Waals surface area contributed by atoms with Gasteiger partial charge in [0, 0.05) is 11.6 Å². The van der Waals surface area contributed by atoms with Crippen molar-refractivity contribution in [1.29, 1.82) is 0 Å². The molecule has 1 aliphatic carbocycles. The van der Waals surface area contributed by atoms with Gasteiger partial charge in [-0.15, -0.1) is 0 Å². The predicted molar refractivity (Wildman–Crippen MR) is 77.6 cm³/mol. The third kappa shape index (κ3) is 4.47. The predicted octanol–water partition coefficient (Wildman–Crippen LogP) is -1.14. The van der Waals surface area contributed by atoms with E-state index in [1.165, 1.54) is 23.4 Å². The molecule has 1 atom stereocenters. The van der Waals surface area contributed by atoms with Gasteiger partial charge in [-0.2, -0.15) is 0 Å². The van der Waals surface area contributed by atoms with Crippen LogP contribution in [0.5, 0.6) is 0 Å². The summed E-state index contributed by atoms with van der Waals surface area (Å²) in [6.07, 6.45) is 4.73. The summed E-state index contributed by atoms with van der Waals surface area (Å²) in [4.78, 5) is 10.0. The Bertz CT molecular complexity index is 518. The van der Waals surface area contributed by atoms with Gasteiger partial charge < -0.3 is 22.1 Å². The summed E-state index contributed by atoms with van der Waals surface area (Å²) in [5.41, 5.74) is 0.412. The highest BCUT2D eigenvalue weighted by Crippen LogP contribution is 2.21. The van der Waals surface area contributed by atoms with Crippen LogP contribution in [0.1, 0.15) is 12.0 Å². The van der Waals surface area contributed by atoms with E-state index in [2.05, 4.69) is 12.1 Å². The second-order valence-corrected chi connectivity index (χ2v) is 5.56. The van der Waals surface area contributed by atoms with Gasteiger partial charge in [0.25, 0.3) is 0 Å². The highest BCUT2D eigenvalue weighted by atomic mass is 79.9. The Morgan fingerprint density at radius 2 is 2.00 bits per heavy atom. The van der Waals surface area contributed by atoms with E-state index in [-0.39, 0.29) is 23.4 Å². The van der Waals surface area contributed by atoms with Crippen molar-refractivity contribution in [2.75, 3.05) is 5.75 Å². The highest BCUT2D eigenvalue weighted by molar-refractivity contribution is 7.77. The van der Waals surface area contributed by atoms with Gasteiger partial charge in [-0.3, -0.25) is 10.1 Å². The number of hydrogen-bond acceptors (Lipinski definition) is 3. The molecule has 1 N–H and O–H groups in total. The maximum atomic E-state index is 10.7. The molecule has 0 fully saturated rings. The first-order valence-electron chi connectivity index (χ1n) is 6.02. The van der Waals surface area contributed by atoms with Crippen molar-refractivity contribution in [3.63, 3.8) is 0 Å². The molecule has 4 nitrogen and oxygen atoms in total. The second-order valence-electron chi connectivity index (χ2n) is 4.48. The molecule has 108 valence electrons. The lowest BCUT2D eigenvalue weighted by Gasteiger charge is -2.16. The van der Waals surface area contributed by atoms with Crippen LogP contribution < -0.4 is 17.0 Å². The topological polar surface area (TPSA) is 63.4 Å². The summed E-state index contributed by atoms with van der Waals surface area (Å²) in [6.45, 7) is 0. The van der Waals surface area contributed by atoms with Gasteiger partial charge in [-0.1, -0.05) is 36.4 Å². The van der Waals surface area contributed by atoms with Crippen molar-refractivity contribution in [3.8, 4) is 0 Å². The Hall–Kier alpha value is -1.11. The Kier molecular flexibility index (Phi) is 6.45. The van der Waals surface area contributed by atoms with Crippen molar-refractivity contribution in [3.05, 3.63) is 69.8 Å². The van der Waals surface area contributed by atoms with Gasteiger partial charge in [0.05, 0.1) is 11.3 Å². The maximum absolute atomic E-state index is 10.7. The van der Waals surface area contributed by atoms with Gasteiger partial charge in [0.1, 0.15) is 11.5 Å². The van der Waals surface area contributed by atoms with Gasteiger partial charge >= 0.3 is 5.72 Å². The Balaban J connectivity index is 0.00000200. The molecule has 0 spiro atoms. The highest BCUT2D eigenvalue weighted by Gasteiger charge is 2.37. The molecule has 2 rings (SSSR count). The molecule has 0 saturated carbocycles.